The molecule has 100 valence electrons. The molecule has 0 heterocycles. The molecule has 0 saturated carbocycles. The molecular formula is C14H22N2O2. The smallest absolute Gasteiger partial charge is 0.216 e. The van der Waals surface area contributed by atoms with Gasteiger partial charge in [0.05, 0.1) is 7.11 Å². The number of methoxy groups -OCH3 is 1. The average Bonchev–Trinajstić information content (AvgIpc) is 2.39. The van der Waals surface area contributed by atoms with E-state index in [1.807, 2.05) is 12.1 Å². The Morgan fingerprint density at radius 1 is 1.28 bits per heavy atom. The Bertz CT molecular complexity index is 363. The lowest BCUT2D eigenvalue weighted by molar-refractivity contribution is -0.118. The molecule has 1 amide bonds. The second-order valence-electron chi connectivity index (χ2n) is 4.17. The summed E-state index contributed by atoms with van der Waals surface area (Å²) in [6, 6.07) is 8.38. The summed E-state index contributed by atoms with van der Waals surface area (Å²) < 4.78 is 5.14. The van der Waals surface area contributed by atoms with Crippen molar-refractivity contribution in [3.8, 4) is 5.75 Å². The number of hydrogen-bond acceptors (Lipinski definition) is 3. The molecule has 1 aromatic rings. The average molecular weight is 250 g/mol. The maximum Gasteiger partial charge on any atom is 0.216 e. The lowest BCUT2D eigenvalue weighted by atomic mass is 10.0. The molecule has 18 heavy (non-hydrogen) atoms. The number of hydrogen-bond donors (Lipinski definition) is 2. The van der Waals surface area contributed by atoms with Crippen LogP contribution in [0.1, 0.15) is 31.9 Å². The number of benzene rings is 1. The zero-order valence-corrected chi connectivity index (χ0v) is 11.3. The van der Waals surface area contributed by atoms with Crippen molar-refractivity contribution < 1.29 is 9.53 Å². The highest BCUT2D eigenvalue weighted by molar-refractivity contribution is 5.72. The number of carbonyl (C=O) groups excluding carboxylic acids is 1. The second kappa shape index (κ2) is 7.71. The zero-order valence-electron chi connectivity index (χ0n) is 11.3. The van der Waals surface area contributed by atoms with Gasteiger partial charge in [0.1, 0.15) is 5.75 Å². The first-order chi connectivity index (χ1) is 8.67. The van der Waals surface area contributed by atoms with E-state index in [2.05, 4.69) is 29.7 Å². The van der Waals surface area contributed by atoms with Crippen LogP contribution in [0.4, 0.5) is 0 Å². The van der Waals surface area contributed by atoms with Gasteiger partial charge in [0.25, 0.3) is 0 Å². The van der Waals surface area contributed by atoms with Gasteiger partial charge in [0.2, 0.25) is 5.91 Å². The first kappa shape index (κ1) is 14.5. The molecule has 0 radical (unpaired) electrons. The highest BCUT2D eigenvalue weighted by Gasteiger charge is 2.08. The van der Waals surface area contributed by atoms with Crippen molar-refractivity contribution in [3.63, 3.8) is 0 Å². The first-order valence-electron chi connectivity index (χ1n) is 6.29. The Balaban J connectivity index is 2.46. The minimum Gasteiger partial charge on any atom is -0.497 e. The summed E-state index contributed by atoms with van der Waals surface area (Å²) >= 11 is 0. The predicted octanol–water partition coefficient (Wildman–Crippen LogP) is 1.87. The molecule has 1 atom stereocenters. The lowest BCUT2D eigenvalue weighted by Crippen LogP contribution is -2.32. The maximum absolute atomic E-state index is 10.7. The summed E-state index contributed by atoms with van der Waals surface area (Å²) in [5.74, 6) is 0.876. The molecule has 0 bridgehead atoms. The Hall–Kier alpha value is -1.55. The zero-order chi connectivity index (χ0) is 13.4. The van der Waals surface area contributed by atoms with E-state index in [0.717, 1.165) is 18.7 Å². The highest BCUT2D eigenvalue weighted by atomic mass is 16.5. The highest BCUT2D eigenvalue weighted by Crippen LogP contribution is 2.19. The van der Waals surface area contributed by atoms with E-state index in [-0.39, 0.29) is 5.91 Å². The van der Waals surface area contributed by atoms with Gasteiger partial charge in [-0.3, -0.25) is 4.79 Å². The Morgan fingerprint density at radius 2 is 1.94 bits per heavy atom. The van der Waals surface area contributed by atoms with Crippen LogP contribution in [-0.2, 0) is 4.79 Å². The third-order valence-electron chi connectivity index (χ3n) is 2.82. The normalized spacial score (nSPS) is 11.9. The maximum atomic E-state index is 10.7. The van der Waals surface area contributed by atoms with Crippen molar-refractivity contribution in [2.45, 2.75) is 26.3 Å². The Morgan fingerprint density at radius 3 is 2.44 bits per heavy atom. The van der Waals surface area contributed by atoms with Crippen LogP contribution in [0.2, 0.25) is 0 Å². The number of rotatable bonds is 7. The van der Waals surface area contributed by atoms with Gasteiger partial charge in [-0.05, 0) is 24.1 Å². The fraction of sp³-hybridized carbons (Fsp3) is 0.500. The molecule has 0 aliphatic carbocycles. The summed E-state index contributed by atoms with van der Waals surface area (Å²) in [5.41, 5.74) is 1.24. The lowest BCUT2D eigenvalue weighted by Gasteiger charge is -2.17. The molecule has 0 spiro atoms. The van der Waals surface area contributed by atoms with Crippen molar-refractivity contribution in [1.29, 1.82) is 0 Å². The third-order valence-corrected chi connectivity index (χ3v) is 2.82. The monoisotopic (exact) mass is 250 g/mol. The van der Waals surface area contributed by atoms with Crippen LogP contribution in [0.25, 0.3) is 0 Å². The number of ether oxygens (including phenoxy) is 1. The Kier molecular flexibility index (Phi) is 6.22. The molecule has 0 aromatic heterocycles. The Labute approximate surface area is 109 Å². The van der Waals surface area contributed by atoms with Crippen molar-refractivity contribution in [3.05, 3.63) is 29.8 Å². The predicted molar refractivity (Wildman–Crippen MR) is 72.7 cm³/mol. The summed E-state index contributed by atoms with van der Waals surface area (Å²) in [6.07, 6.45) is 1.01. The summed E-state index contributed by atoms with van der Waals surface area (Å²) in [4.78, 5) is 10.7. The number of nitrogens with one attached hydrogen (secondary N) is 2. The van der Waals surface area contributed by atoms with E-state index in [1.54, 1.807) is 7.11 Å². The molecule has 0 aliphatic rings. The van der Waals surface area contributed by atoms with Crippen LogP contribution >= 0.6 is 0 Å². The van der Waals surface area contributed by atoms with Crippen LogP contribution in [-0.4, -0.2) is 26.1 Å². The van der Waals surface area contributed by atoms with Gasteiger partial charge in [-0.25, -0.2) is 0 Å². The van der Waals surface area contributed by atoms with Crippen molar-refractivity contribution in [2.75, 3.05) is 20.2 Å². The number of amides is 1. The SMILES string of the molecule is CCC(NCCNC(C)=O)c1ccc(OC)cc1. The molecule has 1 rings (SSSR count). The molecule has 1 unspecified atom stereocenters. The second-order valence-corrected chi connectivity index (χ2v) is 4.17. The molecule has 4 nitrogen and oxygen atoms in total. The van der Waals surface area contributed by atoms with Gasteiger partial charge in [-0.1, -0.05) is 19.1 Å². The van der Waals surface area contributed by atoms with Gasteiger partial charge in [-0.15, -0.1) is 0 Å². The minimum atomic E-state index is 0.00861. The summed E-state index contributed by atoms with van der Waals surface area (Å²) in [5, 5.41) is 6.20. The molecule has 1 aromatic carbocycles. The fourth-order valence-electron chi connectivity index (χ4n) is 1.82. The van der Waals surface area contributed by atoms with E-state index in [4.69, 9.17) is 4.74 Å². The van der Waals surface area contributed by atoms with E-state index in [0.29, 0.717) is 12.6 Å². The van der Waals surface area contributed by atoms with Gasteiger partial charge in [-0.2, -0.15) is 0 Å². The van der Waals surface area contributed by atoms with E-state index in [1.165, 1.54) is 12.5 Å². The molecular weight excluding hydrogens is 228 g/mol. The van der Waals surface area contributed by atoms with Crippen LogP contribution in [0.15, 0.2) is 24.3 Å². The standard InChI is InChI=1S/C14H22N2O2/c1-4-14(16-10-9-15-11(2)17)12-5-7-13(18-3)8-6-12/h5-8,14,16H,4,9-10H2,1-3H3,(H,15,17). The fourth-order valence-corrected chi connectivity index (χ4v) is 1.82. The molecule has 4 heteroatoms. The first-order valence-corrected chi connectivity index (χ1v) is 6.29. The molecule has 2 N–H and O–H groups in total. The largest absolute Gasteiger partial charge is 0.497 e. The van der Waals surface area contributed by atoms with Crippen LogP contribution in [0, 0.1) is 0 Å². The molecule has 0 aliphatic heterocycles. The van der Waals surface area contributed by atoms with Crippen LogP contribution < -0.4 is 15.4 Å². The van der Waals surface area contributed by atoms with Crippen molar-refractivity contribution >= 4 is 5.91 Å². The third kappa shape index (κ3) is 4.75. The quantitative estimate of drug-likeness (QED) is 0.726. The van der Waals surface area contributed by atoms with Gasteiger partial charge in [0, 0.05) is 26.1 Å². The van der Waals surface area contributed by atoms with E-state index in [9.17, 15) is 4.79 Å². The van der Waals surface area contributed by atoms with Gasteiger partial charge >= 0.3 is 0 Å². The number of carbonyl (C=O) groups is 1. The van der Waals surface area contributed by atoms with Gasteiger partial charge in [0.15, 0.2) is 0 Å². The molecule has 0 fully saturated rings. The summed E-state index contributed by atoms with van der Waals surface area (Å²) in [6.45, 7) is 5.09. The van der Waals surface area contributed by atoms with Crippen LogP contribution in [0.5, 0.6) is 5.75 Å². The minimum absolute atomic E-state index is 0.00861. The summed E-state index contributed by atoms with van der Waals surface area (Å²) in [7, 11) is 1.66. The van der Waals surface area contributed by atoms with Crippen molar-refractivity contribution in [1.82, 2.24) is 10.6 Å². The van der Waals surface area contributed by atoms with Gasteiger partial charge < -0.3 is 15.4 Å². The van der Waals surface area contributed by atoms with E-state index >= 15 is 0 Å². The topological polar surface area (TPSA) is 50.4 Å². The van der Waals surface area contributed by atoms with E-state index < -0.39 is 0 Å². The molecule has 0 saturated heterocycles. The van der Waals surface area contributed by atoms with Crippen molar-refractivity contribution in [2.24, 2.45) is 0 Å². The van der Waals surface area contributed by atoms with Crippen LogP contribution in [0.3, 0.4) is 0 Å².